The van der Waals surface area contributed by atoms with E-state index in [0.29, 0.717) is 22.0 Å². The summed E-state index contributed by atoms with van der Waals surface area (Å²) in [5.74, 6) is 5.55. The number of halogens is 1. The average molecular weight is 318 g/mol. The van der Waals surface area contributed by atoms with Crippen molar-refractivity contribution in [3.05, 3.63) is 64.7 Å². The Morgan fingerprint density at radius 2 is 2.00 bits per heavy atom. The van der Waals surface area contributed by atoms with Crippen LogP contribution < -0.4 is 11.2 Å². The zero-order chi connectivity index (χ0) is 15.9. The van der Waals surface area contributed by atoms with Gasteiger partial charge in [-0.1, -0.05) is 41.9 Å². The molecule has 0 aliphatic carbocycles. The number of hydrogen-bond donors (Lipinski definition) is 2. The molecule has 2 aromatic carbocycles. The first-order valence-electron chi connectivity index (χ1n) is 6.72. The Kier molecular flexibility index (Phi) is 5.38. The van der Waals surface area contributed by atoms with Crippen LogP contribution in [-0.4, -0.2) is 18.4 Å². The number of nitrogens with zero attached hydrogens (tertiary/aromatic N) is 1. The first kappa shape index (κ1) is 15.9. The van der Waals surface area contributed by atoms with E-state index in [2.05, 4.69) is 10.4 Å². The van der Waals surface area contributed by atoms with Gasteiger partial charge in [0.1, 0.15) is 0 Å². The Hall–Kier alpha value is -2.53. The van der Waals surface area contributed by atoms with Crippen molar-refractivity contribution in [1.82, 2.24) is 0 Å². The molecule has 0 saturated heterocycles. The molecular formula is C16H16ClN3O2. The lowest BCUT2D eigenvalue weighted by atomic mass is 10.0. The van der Waals surface area contributed by atoms with E-state index in [1.165, 1.54) is 0 Å². The van der Waals surface area contributed by atoms with E-state index in [4.69, 9.17) is 22.2 Å². The molecule has 2 rings (SSSR count). The third-order valence-corrected chi connectivity index (χ3v) is 3.16. The Bertz CT molecular complexity index is 687. The van der Waals surface area contributed by atoms with Crippen molar-refractivity contribution in [2.24, 2.45) is 10.9 Å². The van der Waals surface area contributed by atoms with Crippen LogP contribution >= 0.6 is 11.6 Å². The smallest absolute Gasteiger partial charge is 0.411 e. The number of hydrogen-bond acceptors (Lipinski definition) is 4. The second kappa shape index (κ2) is 7.47. The van der Waals surface area contributed by atoms with Crippen LogP contribution in [0.3, 0.4) is 0 Å². The van der Waals surface area contributed by atoms with Crippen molar-refractivity contribution in [1.29, 1.82) is 0 Å². The van der Waals surface area contributed by atoms with Gasteiger partial charge >= 0.3 is 6.09 Å². The van der Waals surface area contributed by atoms with Gasteiger partial charge < -0.3 is 10.6 Å². The third kappa shape index (κ3) is 3.77. The number of anilines is 1. The lowest BCUT2D eigenvalue weighted by Gasteiger charge is -2.13. The van der Waals surface area contributed by atoms with Gasteiger partial charge in [0, 0.05) is 16.1 Å². The van der Waals surface area contributed by atoms with Gasteiger partial charge in [-0.15, -0.1) is 0 Å². The molecule has 0 aliphatic heterocycles. The SMILES string of the molecule is CCOC(=O)Nc1ccc(Cl)cc1/C(=N/N)c1ccccc1. The number of carbonyl (C=O) groups is 1. The van der Waals surface area contributed by atoms with Crippen LogP contribution in [0.4, 0.5) is 10.5 Å². The number of benzene rings is 2. The normalized spacial score (nSPS) is 11.1. The first-order valence-corrected chi connectivity index (χ1v) is 7.10. The number of amides is 1. The highest BCUT2D eigenvalue weighted by atomic mass is 35.5. The predicted octanol–water partition coefficient (Wildman–Crippen LogP) is 3.62. The van der Waals surface area contributed by atoms with E-state index in [1.54, 1.807) is 25.1 Å². The molecule has 0 aromatic heterocycles. The molecule has 0 aliphatic rings. The van der Waals surface area contributed by atoms with E-state index in [-0.39, 0.29) is 6.61 Å². The van der Waals surface area contributed by atoms with Gasteiger partial charge in [-0.3, -0.25) is 5.32 Å². The van der Waals surface area contributed by atoms with E-state index >= 15 is 0 Å². The largest absolute Gasteiger partial charge is 0.450 e. The Morgan fingerprint density at radius 3 is 2.64 bits per heavy atom. The highest BCUT2D eigenvalue weighted by Gasteiger charge is 2.14. The highest BCUT2D eigenvalue weighted by Crippen LogP contribution is 2.24. The van der Waals surface area contributed by atoms with E-state index in [0.717, 1.165) is 5.56 Å². The number of rotatable bonds is 4. The summed E-state index contributed by atoms with van der Waals surface area (Å²) in [5.41, 5.74) is 2.49. The molecule has 0 spiro atoms. The molecule has 6 heteroatoms. The molecular weight excluding hydrogens is 302 g/mol. The summed E-state index contributed by atoms with van der Waals surface area (Å²) >= 11 is 6.06. The molecule has 0 unspecified atom stereocenters. The lowest BCUT2D eigenvalue weighted by Crippen LogP contribution is -2.17. The third-order valence-electron chi connectivity index (χ3n) is 2.93. The second-order valence-electron chi connectivity index (χ2n) is 4.38. The van der Waals surface area contributed by atoms with Crippen molar-refractivity contribution in [2.45, 2.75) is 6.92 Å². The number of carbonyl (C=O) groups excluding carboxylic acids is 1. The van der Waals surface area contributed by atoms with Crippen molar-refractivity contribution in [3.8, 4) is 0 Å². The number of nitrogens with two attached hydrogens (primary N) is 1. The van der Waals surface area contributed by atoms with Gasteiger partial charge in [-0.2, -0.15) is 5.10 Å². The average Bonchev–Trinajstić information content (AvgIpc) is 2.52. The van der Waals surface area contributed by atoms with Gasteiger partial charge in [0.2, 0.25) is 0 Å². The Morgan fingerprint density at radius 1 is 1.27 bits per heavy atom. The van der Waals surface area contributed by atoms with Crippen LogP contribution in [0.1, 0.15) is 18.1 Å². The van der Waals surface area contributed by atoms with E-state index < -0.39 is 6.09 Å². The summed E-state index contributed by atoms with van der Waals surface area (Å²) < 4.78 is 4.90. The molecule has 2 aromatic rings. The summed E-state index contributed by atoms with van der Waals surface area (Å²) in [6, 6.07) is 14.5. The summed E-state index contributed by atoms with van der Waals surface area (Å²) in [7, 11) is 0. The fourth-order valence-corrected chi connectivity index (χ4v) is 2.17. The van der Waals surface area contributed by atoms with Gasteiger partial charge in [-0.05, 0) is 25.1 Å². The van der Waals surface area contributed by atoms with Crippen molar-refractivity contribution < 1.29 is 9.53 Å². The standard InChI is InChI=1S/C16H16ClN3O2/c1-2-22-16(21)19-14-9-8-12(17)10-13(14)15(20-18)11-6-4-3-5-7-11/h3-10H,2,18H2,1H3,(H,19,21)/b20-15+. The summed E-state index contributed by atoms with van der Waals surface area (Å²) in [6.07, 6.45) is -0.546. The van der Waals surface area contributed by atoms with Gasteiger partial charge in [0.15, 0.2) is 0 Å². The molecule has 3 N–H and O–H groups in total. The molecule has 5 nitrogen and oxygen atoms in total. The Labute approximate surface area is 133 Å². The fraction of sp³-hybridized carbons (Fsp3) is 0.125. The Balaban J connectivity index is 2.44. The van der Waals surface area contributed by atoms with Crippen LogP contribution in [0.2, 0.25) is 5.02 Å². The number of hydrazone groups is 1. The molecule has 114 valence electrons. The highest BCUT2D eigenvalue weighted by molar-refractivity contribution is 6.31. The number of ether oxygens (including phenoxy) is 1. The summed E-state index contributed by atoms with van der Waals surface area (Å²) in [6.45, 7) is 2.02. The first-order chi connectivity index (χ1) is 10.7. The van der Waals surface area contributed by atoms with Crippen LogP contribution in [0, 0.1) is 0 Å². The monoisotopic (exact) mass is 317 g/mol. The van der Waals surface area contributed by atoms with Gasteiger partial charge in [0.25, 0.3) is 0 Å². The summed E-state index contributed by atoms with van der Waals surface area (Å²) in [4.78, 5) is 11.7. The number of nitrogens with one attached hydrogen (secondary N) is 1. The van der Waals surface area contributed by atoms with Crippen molar-refractivity contribution in [3.63, 3.8) is 0 Å². The fourth-order valence-electron chi connectivity index (χ4n) is 1.99. The molecule has 0 radical (unpaired) electrons. The van der Waals surface area contributed by atoms with Crippen LogP contribution in [0.5, 0.6) is 0 Å². The maximum atomic E-state index is 11.7. The zero-order valence-corrected chi connectivity index (χ0v) is 12.8. The predicted molar refractivity (Wildman–Crippen MR) is 88.4 cm³/mol. The molecule has 0 heterocycles. The van der Waals surface area contributed by atoms with E-state index in [1.807, 2.05) is 30.3 Å². The van der Waals surface area contributed by atoms with Crippen LogP contribution in [-0.2, 0) is 4.74 Å². The minimum absolute atomic E-state index is 0.283. The zero-order valence-electron chi connectivity index (χ0n) is 12.0. The van der Waals surface area contributed by atoms with Crippen molar-refractivity contribution >= 4 is 29.1 Å². The molecule has 1 amide bonds. The van der Waals surface area contributed by atoms with E-state index in [9.17, 15) is 4.79 Å². The molecule has 0 bridgehead atoms. The van der Waals surface area contributed by atoms with Crippen molar-refractivity contribution in [2.75, 3.05) is 11.9 Å². The minimum Gasteiger partial charge on any atom is -0.450 e. The topological polar surface area (TPSA) is 76.7 Å². The maximum absolute atomic E-state index is 11.7. The second-order valence-corrected chi connectivity index (χ2v) is 4.82. The van der Waals surface area contributed by atoms with Gasteiger partial charge in [-0.25, -0.2) is 4.79 Å². The van der Waals surface area contributed by atoms with Crippen LogP contribution in [0.25, 0.3) is 0 Å². The minimum atomic E-state index is -0.546. The molecule has 0 saturated carbocycles. The lowest BCUT2D eigenvalue weighted by molar-refractivity contribution is 0.168. The molecule has 0 atom stereocenters. The van der Waals surface area contributed by atoms with Gasteiger partial charge in [0.05, 0.1) is 18.0 Å². The maximum Gasteiger partial charge on any atom is 0.411 e. The van der Waals surface area contributed by atoms with Crippen LogP contribution in [0.15, 0.2) is 53.6 Å². The summed E-state index contributed by atoms with van der Waals surface area (Å²) in [5, 5.41) is 7.03. The quantitative estimate of drug-likeness (QED) is 0.513. The molecule has 0 fully saturated rings. The molecule has 22 heavy (non-hydrogen) atoms.